The van der Waals surface area contributed by atoms with Crippen molar-refractivity contribution in [2.75, 3.05) is 37.0 Å². The number of hydrogen-bond donors (Lipinski definition) is 2. The van der Waals surface area contributed by atoms with Gasteiger partial charge in [-0.2, -0.15) is 0 Å². The maximum Gasteiger partial charge on any atom is 0.412 e. The molecule has 1 aliphatic rings. The third kappa shape index (κ3) is 7.42. The monoisotopic (exact) mass is 591 g/mol. The highest BCUT2D eigenvalue weighted by Crippen LogP contribution is 2.38. The van der Waals surface area contributed by atoms with Gasteiger partial charge in [0, 0.05) is 31.0 Å². The van der Waals surface area contributed by atoms with E-state index in [0.29, 0.717) is 30.0 Å². The van der Waals surface area contributed by atoms with Gasteiger partial charge >= 0.3 is 18.0 Å². The molecular formula is C32H37N3O8. The first kappa shape index (κ1) is 31.3. The molecule has 11 nitrogen and oxygen atoms in total. The topological polar surface area (TPSA) is 139 Å². The molecule has 0 saturated carbocycles. The molecule has 1 aromatic heterocycles. The van der Waals surface area contributed by atoms with Gasteiger partial charge in [-0.05, 0) is 69.5 Å². The molecule has 1 aliphatic heterocycles. The lowest BCUT2D eigenvalue weighted by atomic mass is 9.84. The van der Waals surface area contributed by atoms with Crippen molar-refractivity contribution in [3.8, 4) is 0 Å². The zero-order valence-corrected chi connectivity index (χ0v) is 24.7. The summed E-state index contributed by atoms with van der Waals surface area (Å²) in [5.41, 5.74) is -0.782. The average Bonchev–Trinajstić information content (AvgIpc) is 3.51. The van der Waals surface area contributed by atoms with Gasteiger partial charge in [0.15, 0.2) is 5.76 Å². The van der Waals surface area contributed by atoms with E-state index in [1.165, 1.54) is 24.3 Å². The molecule has 1 atom stereocenters. The number of ether oxygens (including phenoxy) is 2. The van der Waals surface area contributed by atoms with Crippen LogP contribution in [0.5, 0.6) is 0 Å². The summed E-state index contributed by atoms with van der Waals surface area (Å²) < 4.78 is 16.1. The molecule has 1 fully saturated rings. The van der Waals surface area contributed by atoms with E-state index in [-0.39, 0.29) is 25.1 Å². The van der Waals surface area contributed by atoms with Crippen molar-refractivity contribution < 1.29 is 38.2 Å². The lowest BCUT2D eigenvalue weighted by molar-refractivity contribution is -0.149. The molecule has 0 bridgehead atoms. The molecule has 0 aliphatic carbocycles. The van der Waals surface area contributed by atoms with Crippen LogP contribution in [0.25, 0.3) is 0 Å². The second-order valence-electron chi connectivity index (χ2n) is 11.4. The fraction of sp³-hybridized carbons (Fsp3) is 0.375. The van der Waals surface area contributed by atoms with Crippen LogP contribution < -0.4 is 10.2 Å². The number of nitrogens with one attached hydrogen (secondary N) is 1. The molecule has 2 heterocycles. The second-order valence-corrected chi connectivity index (χ2v) is 11.4. The molecule has 1 saturated heterocycles. The molecule has 3 aromatic rings. The SMILES string of the molecule is COC(=O)C1(N(C(=O)c2ccco2)c2cccc(NC(=O)OC(C)(C)C)c2)CCN(CC(C(=O)O)c2ccccc2)CC1. The smallest absolute Gasteiger partial charge is 0.412 e. The minimum Gasteiger partial charge on any atom is -0.481 e. The highest BCUT2D eigenvalue weighted by molar-refractivity contribution is 6.10. The van der Waals surface area contributed by atoms with E-state index in [9.17, 15) is 24.3 Å². The summed E-state index contributed by atoms with van der Waals surface area (Å²) in [7, 11) is 1.27. The van der Waals surface area contributed by atoms with Gasteiger partial charge < -0.3 is 23.9 Å². The number of aliphatic carboxylic acids is 1. The molecule has 0 spiro atoms. The molecular weight excluding hydrogens is 554 g/mol. The van der Waals surface area contributed by atoms with Crippen LogP contribution in [0.3, 0.4) is 0 Å². The van der Waals surface area contributed by atoms with E-state index in [4.69, 9.17) is 13.9 Å². The van der Waals surface area contributed by atoms with Crippen LogP contribution in [0.1, 0.15) is 55.6 Å². The number of amides is 2. The van der Waals surface area contributed by atoms with E-state index < -0.39 is 41.0 Å². The van der Waals surface area contributed by atoms with Gasteiger partial charge in [0.2, 0.25) is 0 Å². The Hall–Kier alpha value is -4.64. The molecule has 11 heteroatoms. The number of methoxy groups -OCH3 is 1. The van der Waals surface area contributed by atoms with E-state index in [2.05, 4.69) is 5.32 Å². The third-order valence-corrected chi connectivity index (χ3v) is 7.30. The minimum atomic E-state index is -1.44. The number of carbonyl (C=O) groups excluding carboxylic acids is 3. The fourth-order valence-corrected chi connectivity index (χ4v) is 5.30. The average molecular weight is 592 g/mol. The van der Waals surface area contributed by atoms with Gasteiger partial charge in [0.1, 0.15) is 11.1 Å². The Bertz CT molecular complexity index is 1420. The first-order valence-electron chi connectivity index (χ1n) is 14.0. The number of esters is 1. The number of anilines is 2. The number of carbonyl (C=O) groups is 4. The lowest BCUT2D eigenvalue weighted by Gasteiger charge is -2.46. The normalized spacial score (nSPS) is 15.6. The number of nitrogens with zero attached hydrogens (tertiary/aromatic N) is 2. The zero-order chi connectivity index (χ0) is 31.2. The molecule has 1 unspecified atom stereocenters. The Labute approximate surface area is 250 Å². The fourth-order valence-electron chi connectivity index (χ4n) is 5.30. The molecule has 0 radical (unpaired) electrons. The Morgan fingerprint density at radius 2 is 1.72 bits per heavy atom. The summed E-state index contributed by atoms with van der Waals surface area (Å²) in [6.45, 7) is 6.12. The summed E-state index contributed by atoms with van der Waals surface area (Å²) in [6, 6.07) is 18.6. The summed E-state index contributed by atoms with van der Waals surface area (Å²) in [5.74, 6) is -2.86. The van der Waals surface area contributed by atoms with Crippen molar-refractivity contribution in [2.24, 2.45) is 0 Å². The van der Waals surface area contributed by atoms with Gasteiger partial charge in [-0.1, -0.05) is 36.4 Å². The molecule has 4 rings (SSSR count). The van der Waals surface area contributed by atoms with Gasteiger partial charge in [0.05, 0.1) is 19.3 Å². The highest BCUT2D eigenvalue weighted by Gasteiger charge is 2.51. The van der Waals surface area contributed by atoms with Gasteiger partial charge in [-0.3, -0.25) is 19.8 Å². The molecule has 43 heavy (non-hydrogen) atoms. The number of furan rings is 1. The van der Waals surface area contributed by atoms with Crippen molar-refractivity contribution in [3.63, 3.8) is 0 Å². The van der Waals surface area contributed by atoms with Crippen LogP contribution in [0, 0.1) is 0 Å². The van der Waals surface area contributed by atoms with Crippen LogP contribution in [-0.4, -0.2) is 71.8 Å². The predicted molar refractivity (Wildman–Crippen MR) is 159 cm³/mol. The Kier molecular flexibility index (Phi) is 9.55. The zero-order valence-electron chi connectivity index (χ0n) is 24.7. The largest absolute Gasteiger partial charge is 0.481 e. The Morgan fingerprint density at radius 1 is 1.02 bits per heavy atom. The number of hydrogen-bond acceptors (Lipinski definition) is 8. The van der Waals surface area contributed by atoms with Crippen LogP contribution in [0.2, 0.25) is 0 Å². The van der Waals surface area contributed by atoms with Crippen molar-refractivity contribution in [2.45, 2.75) is 50.7 Å². The van der Waals surface area contributed by atoms with E-state index in [1.807, 2.05) is 11.0 Å². The molecule has 2 amide bonds. The summed E-state index contributed by atoms with van der Waals surface area (Å²) in [5, 5.41) is 12.6. The van der Waals surface area contributed by atoms with Crippen LogP contribution in [0.4, 0.5) is 16.2 Å². The quantitative estimate of drug-likeness (QED) is 0.324. The van der Waals surface area contributed by atoms with Gasteiger partial charge in [-0.25, -0.2) is 9.59 Å². The minimum absolute atomic E-state index is 0.0197. The number of carboxylic acids is 1. The highest BCUT2D eigenvalue weighted by atomic mass is 16.6. The predicted octanol–water partition coefficient (Wildman–Crippen LogP) is 5.15. The van der Waals surface area contributed by atoms with Crippen molar-refractivity contribution in [3.05, 3.63) is 84.3 Å². The van der Waals surface area contributed by atoms with Gasteiger partial charge in [-0.15, -0.1) is 0 Å². The summed E-state index contributed by atoms with van der Waals surface area (Å²) >= 11 is 0. The van der Waals surface area contributed by atoms with Crippen molar-refractivity contribution in [1.29, 1.82) is 0 Å². The van der Waals surface area contributed by atoms with Crippen molar-refractivity contribution >= 4 is 35.3 Å². The number of carboxylic acid groups (broad SMARTS) is 1. The standard InChI is InChI=1S/C32H37N3O8/c1-31(2,3)43-30(40)33-23-12-8-13-24(20-23)35(27(36)26-14-9-19-42-26)32(29(39)41-4)15-17-34(18-16-32)21-25(28(37)38)22-10-6-5-7-11-22/h5-14,19-20,25H,15-18,21H2,1-4H3,(H,33,40)(H,37,38). The first-order valence-corrected chi connectivity index (χ1v) is 14.0. The van der Waals surface area contributed by atoms with E-state index in [1.54, 1.807) is 75.4 Å². The lowest BCUT2D eigenvalue weighted by Crippen LogP contribution is -2.63. The number of rotatable bonds is 9. The Morgan fingerprint density at radius 3 is 2.30 bits per heavy atom. The summed E-state index contributed by atoms with van der Waals surface area (Å²) in [6.07, 6.45) is 1.03. The number of likely N-dealkylation sites (tertiary alicyclic amines) is 1. The summed E-state index contributed by atoms with van der Waals surface area (Å²) in [4.78, 5) is 55.6. The second kappa shape index (κ2) is 13.1. The molecule has 2 aromatic carbocycles. The maximum atomic E-state index is 14.0. The molecule has 2 N–H and O–H groups in total. The van der Waals surface area contributed by atoms with E-state index in [0.717, 1.165) is 0 Å². The van der Waals surface area contributed by atoms with Crippen LogP contribution >= 0.6 is 0 Å². The van der Waals surface area contributed by atoms with Crippen LogP contribution in [0.15, 0.2) is 77.4 Å². The van der Waals surface area contributed by atoms with Crippen molar-refractivity contribution in [1.82, 2.24) is 4.90 Å². The Balaban J connectivity index is 1.66. The third-order valence-electron chi connectivity index (χ3n) is 7.30. The van der Waals surface area contributed by atoms with Crippen LogP contribution in [-0.2, 0) is 19.1 Å². The first-order chi connectivity index (χ1) is 20.4. The number of piperidine rings is 1. The maximum absolute atomic E-state index is 14.0. The van der Waals surface area contributed by atoms with E-state index >= 15 is 0 Å². The molecule has 228 valence electrons. The van der Waals surface area contributed by atoms with Gasteiger partial charge in [0.25, 0.3) is 5.91 Å². The number of benzene rings is 2.